The van der Waals surface area contributed by atoms with Gasteiger partial charge in [-0.05, 0) is 73.0 Å². The van der Waals surface area contributed by atoms with Gasteiger partial charge >= 0.3 is 0 Å². The number of thioether (sulfide) groups is 1. The van der Waals surface area contributed by atoms with E-state index >= 15 is 0 Å². The number of hydrogen-bond acceptors (Lipinski definition) is 3. The Morgan fingerprint density at radius 1 is 1.10 bits per heavy atom. The fourth-order valence-electron chi connectivity index (χ4n) is 7.36. The largest absolute Gasteiger partial charge is 0.486 e. The standard InChI is InChI=1S/C26H30O2S/c1-25(2)18-10-11-26(25,15-29-19-6-4-3-5-7-19)22(13-18)28-21-14-20-16-8-9-17(12-16)23(20)24(21)27/h3-9,14,16-18,20,22-23H,10-13,15H2,1-2H3/t16-,17+,18-,20+,22-,23-,26-/m1/s1. The second-order valence-electron chi connectivity index (χ2n) is 10.5. The minimum atomic E-state index is 0.147. The fourth-order valence-corrected chi connectivity index (χ4v) is 8.84. The van der Waals surface area contributed by atoms with Crippen molar-refractivity contribution in [2.24, 2.45) is 40.4 Å². The smallest absolute Gasteiger partial charge is 0.201 e. The van der Waals surface area contributed by atoms with E-state index in [1.807, 2.05) is 11.8 Å². The Hall–Kier alpha value is -1.48. The average Bonchev–Trinajstić information content (AvgIpc) is 3.49. The summed E-state index contributed by atoms with van der Waals surface area (Å²) in [5.74, 6) is 4.36. The van der Waals surface area contributed by atoms with Gasteiger partial charge in [0.15, 0.2) is 5.76 Å². The lowest BCUT2D eigenvalue weighted by molar-refractivity contribution is -0.125. The molecule has 0 radical (unpaired) electrons. The first-order valence-corrected chi connectivity index (χ1v) is 12.3. The molecule has 0 aliphatic heterocycles. The minimum Gasteiger partial charge on any atom is -0.486 e. The molecule has 0 N–H and O–H groups in total. The molecule has 0 heterocycles. The molecular weight excluding hydrogens is 376 g/mol. The van der Waals surface area contributed by atoms with Crippen molar-refractivity contribution in [2.45, 2.75) is 50.5 Å². The molecule has 152 valence electrons. The van der Waals surface area contributed by atoms with Gasteiger partial charge in [0, 0.05) is 22.0 Å². The van der Waals surface area contributed by atoms with Crippen LogP contribution in [0, 0.1) is 40.4 Å². The molecule has 3 heteroatoms. The predicted octanol–water partition coefficient (Wildman–Crippen LogP) is 5.90. The molecule has 4 bridgehead atoms. The summed E-state index contributed by atoms with van der Waals surface area (Å²) in [7, 11) is 0. The number of rotatable bonds is 5. The van der Waals surface area contributed by atoms with Crippen LogP contribution in [0.2, 0.25) is 0 Å². The van der Waals surface area contributed by atoms with Crippen molar-refractivity contribution in [1.29, 1.82) is 0 Å². The highest BCUT2D eigenvalue weighted by Crippen LogP contribution is 2.68. The van der Waals surface area contributed by atoms with Crippen LogP contribution >= 0.6 is 11.8 Å². The van der Waals surface area contributed by atoms with Crippen LogP contribution in [0.5, 0.6) is 0 Å². The summed E-state index contributed by atoms with van der Waals surface area (Å²) in [4.78, 5) is 14.5. The summed E-state index contributed by atoms with van der Waals surface area (Å²) in [6.45, 7) is 4.90. The van der Waals surface area contributed by atoms with Gasteiger partial charge in [-0.3, -0.25) is 4.79 Å². The third kappa shape index (κ3) is 2.46. The summed E-state index contributed by atoms with van der Waals surface area (Å²) in [6, 6.07) is 10.7. The van der Waals surface area contributed by atoms with Gasteiger partial charge in [-0.2, -0.15) is 0 Å². The zero-order valence-corrected chi connectivity index (χ0v) is 18.2. The van der Waals surface area contributed by atoms with Crippen molar-refractivity contribution in [1.82, 2.24) is 0 Å². The first-order chi connectivity index (χ1) is 14.0. The van der Waals surface area contributed by atoms with E-state index < -0.39 is 0 Å². The Bertz CT molecular complexity index is 901. The van der Waals surface area contributed by atoms with E-state index in [2.05, 4.69) is 62.4 Å². The number of hydrogen-bond donors (Lipinski definition) is 0. The van der Waals surface area contributed by atoms with Crippen molar-refractivity contribution >= 4 is 17.5 Å². The van der Waals surface area contributed by atoms with Crippen molar-refractivity contribution in [3.05, 3.63) is 54.3 Å². The van der Waals surface area contributed by atoms with E-state index in [0.717, 1.165) is 12.2 Å². The third-order valence-corrected chi connectivity index (χ3v) is 10.5. The number of fused-ring (bicyclic) bond motifs is 7. The molecule has 0 spiro atoms. The maximum absolute atomic E-state index is 13.2. The molecule has 5 aliphatic carbocycles. The van der Waals surface area contributed by atoms with Crippen molar-refractivity contribution < 1.29 is 9.53 Å². The van der Waals surface area contributed by atoms with Gasteiger partial charge in [-0.1, -0.05) is 44.2 Å². The average molecular weight is 407 g/mol. The van der Waals surface area contributed by atoms with E-state index in [4.69, 9.17) is 4.74 Å². The number of Topliss-reactive ketones (excluding diaryl/α,β-unsaturated/α-hetero) is 1. The van der Waals surface area contributed by atoms with Crippen LogP contribution in [0.25, 0.3) is 0 Å². The van der Waals surface area contributed by atoms with Gasteiger partial charge < -0.3 is 4.74 Å². The normalized spacial score (nSPS) is 43.1. The van der Waals surface area contributed by atoms with Crippen LogP contribution in [0.15, 0.2) is 59.2 Å². The Balaban J connectivity index is 1.25. The first kappa shape index (κ1) is 18.3. The monoisotopic (exact) mass is 406 g/mol. The van der Waals surface area contributed by atoms with Crippen molar-refractivity contribution in [3.63, 3.8) is 0 Å². The molecule has 1 aromatic rings. The Morgan fingerprint density at radius 3 is 2.66 bits per heavy atom. The van der Waals surface area contributed by atoms with Gasteiger partial charge in [0.1, 0.15) is 6.10 Å². The molecule has 0 unspecified atom stereocenters. The molecule has 0 amide bonds. The topological polar surface area (TPSA) is 26.3 Å². The SMILES string of the molecule is CC1(C)[C@@H]2CC[C@@]1(CSc1ccccc1)[C@H](OC1=C[C@@H]3[C@H](C1=O)[C@H]1C=C[C@@H]3C1)C2. The summed E-state index contributed by atoms with van der Waals surface area (Å²) in [5, 5.41) is 0. The van der Waals surface area contributed by atoms with Crippen LogP contribution in [0.1, 0.15) is 39.5 Å². The highest BCUT2D eigenvalue weighted by atomic mass is 32.2. The van der Waals surface area contributed by atoms with E-state index in [0.29, 0.717) is 35.2 Å². The molecule has 5 aliphatic rings. The molecule has 0 saturated heterocycles. The van der Waals surface area contributed by atoms with E-state index in [1.54, 1.807) is 0 Å². The maximum atomic E-state index is 13.2. The Kier molecular flexibility index (Phi) is 3.95. The predicted molar refractivity (Wildman–Crippen MR) is 116 cm³/mol. The molecule has 7 atom stereocenters. The summed E-state index contributed by atoms with van der Waals surface area (Å²) < 4.78 is 6.68. The lowest BCUT2D eigenvalue weighted by Gasteiger charge is -2.42. The van der Waals surface area contributed by atoms with Gasteiger partial charge in [-0.15, -0.1) is 11.8 Å². The van der Waals surface area contributed by atoms with Crippen LogP contribution in [0.3, 0.4) is 0 Å². The quantitative estimate of drug-likeness (QED) is 0.450. The Morgan fingerprint density at radius 2 is 1.90 bits per heavy atom. The summed E-state index contributed by atoms with van der Waals surface area (Å²) in [6.07, 6.45) is 11.8. The van der Waals surface area contributed by atoms with Crippen molar-refractivity contribution in [3.8, 4) is 0 Å². The van der Waals surface area contributed by atoms with Crippen molar-refractivity contribution in [2.75, 3.05) is 5.75 Å². The molecule has 6 rings (SSSR count). The lowest BCUT2D eigenvalue weighted by Crippen LogP contribution is -2.42. The molecule has 0 aromatic heterocycles. The third-order valence-electron chi connectivity index (χ3n) is 9.28. The fraction of sp³-hybridized carbons (Fsp3) is 0.577. The second kappa shape index (κ2) is 6.26. The van der Waals surface area contributed by atoms with Gasteiger partial charge in [0.05, 0.1) is 0 Å². The number of benzene rings is 1. The molecule has 3 fully saturated rings. The van der Waals surface area contributed by atoms with Gasteiger partial charge in [0.2, 0.25) is 5.78 Å². The Labute approximate surface area is 178 Å². The van der Waals surface area contributed by atoms with E-state index in [1.165, 1.54) is 24.2 Å². The number of carbonyl (C=O) groups excluding carboxylic acids is 1. The van der Waals surface area contributed by atoms with Gasteiger partial charge in [0.25, 0.3) is 0 Å². The summed E-state index contributed by atoms with van der Waals surface area (Å²) in [5.41, 5.74) is 0.409. The van der Waals surface area contributed by atoms with E-state index in [9.17, 15) is 4.79 Å². The van der Waals surface area contributed by atoms with Crippen LogP contribution in [-0.4, -0.2) is 17.6 Å². The van der Waals surface area contributed by atoms with E-state index in [-0.39, 0.29) is 22.9 Å². The zero-order valence-electron chi connectivity index (χ0n) is 17.3. The number of carbonyl (C=O) groups is 1. The first-order valence-electron chi connectivity index (χ1n) is 11.3. The molecule has 3 saturated carbocycles. The molecule has 1 aromatic carbocycles. The van der Waals surface area contributed by atoms with Crippen LogP contribution in [-0.2, 0) is 9.53 Å². The summed E-state index contributed by atoms with van der Waals surface area (Å²) >= 11 is 1.97. The van der Waals surface area contributed by atoms with Crippen LogP contribution < -0.4 is 0 Å². The minimum absolute atomic E-state index is 0.147. The van der Waals surface area contributed by atoms with Gasteiger partial charge in [-0.25, -0.2) is 0 Å². The molecular formula is C26H30O2S. The molecule has 2 nitrogen and oxygen atoms in total. The van der Waals surface area contributed by atoms with Crippen LogP contribution in [0.4, 0.5) is 0 Å². The highest BCUT2D eigenvalue weighted by Gasteiger charge is 2.65. The molecule has 29 heavy (non-hydrogen) atoms. The second-order valence-corrected chi connectivity index (χ2v) is 11.6. The number of ketones is 1. The lowest BCUT2D eigenvalue weighted by atomic mass is 9.69. The number of ether oxygens (including phenoxy) is 1. The highest BCUT2D eigenvalue weighted by molar-refractivity contribution is 7.99. The maximum Gasteiger partial charge on any atom is 0.201 e. The number of allylic oxidation sites excluding steroid dienone is 4. The zero-order chi connectivity index (χ0) is 19.8.